The fourth-order valence-electron chi connectivity index (χ4n) is 2.24. The molecule has 1 aromatic carbocycles. The molecule has 0 amide bonds. The molecule has 0 aliphatic heterocycles. The SMILES string of the molecule is CCc1cc(=O)oc2cc(Oc3nc(CCOC)ns3)ccc12. The van der Waals surface area contributed by atoms with Gasteiger partial charge in [0, 0.05) is 42.6 Å². The van der Waals surface area contributed by atoms with Gasteiger partial charge in [0.15, 0.2) is 0 Å². The maximum absolute atomic E-state index is 11.6. The minimum atomic E-state index is -0.357. The van der Waals surface area contributed by atoms with E-state index in [2.05, 4.69) is 9.36 Å². The van der Waals surface area contributed by atoms with E-state index in [1.54, 1.807) is 13.2 Å². The minimum absolute atomic E-state index is 0.357. The van der Waals surface area contributed by atoms with Gasteiger partial charge in [-0.1, -0.05) is 6.92 Å². The number of aryl methyl sites for hydroxylation is 1. The van der Waals surface area contributed by atoms with Crippen LogP contribution in [-0.2, 0) is 17.6 Å². The highest BCUT2D eigenvalue weighted by Crippen LogP contribution is 2.27. The van der Waals surface area contributed by atoms with Gasteiger partial charge in [-0.15, -0.1) is 0 Å². The average Bonchev–Trinajstić information content (AvgIpc) is 2.99. The molecule has 0 spiro atoms. The number of nitrogens with zero attached hydrogens (tertiary/aromatic N) is 2. The summed E-state index contributed by atoms with van der Waals surface area (Å²) in [5.74, 6) is 1.25. The molecule has 120 valence electrons. The van der Waals surface area contributed by atoms with Gasteiger partial charge in [-0.2, -0.15) is 9.36 Å². The van der Waals surface area contributed by atoms with E-state index < -0.39 is 0 Å². The maximum atomic E-state index is 11.6. The van der Waals surface area contributed by atoms with E-state index in [-0.39, 0.29) is 5.63 Å². The van der Waals surface area contributed by atoms with Crippen LogP contribution in [0.15, 0.2) is 33.5 Å². The summed E-state index contributed by atoms with van der Waals surface area (Å²) in [5, 5.41) is 1.36. The van der Waals surface area contributed by atoms with Crippen molar-refractivity contribution in [2.45, 2.75) is 19.8 Å². The van der Waals surface area contributed by atoms with E-state index >= 15 is 0 Å². The Balaban J connectivity index is 1.86. The second-order valence-electron chi connectivity index (χ2n) is 4.92. The predicted molar refractivity (Wildman–Crippen MR) is 87.4 cm³/mol. The van der Waals surface area contributed by atoms with E-state index in [0.717, 1.165) is 17.4 Å². The Morgan fingerprint density at radius 3 is 2.96 bits per heavy atom. The molecule has 3 aromatic rings. The van der Waals surface area contributed by atoms with Crippen LogP contribution in [0.4, 0.5) is 0 Å². The lowest BCUT2D eigenvalue weighted by molar-refractivity contribution is 0.200. The molecule has 0 aliphatic rings. The van der Waals surface area contributed by atoms with Crippen molar-refractivity contribution in [1.29, 1.82) is 0 Å². The summed E-state index contributed by atoms with van der Waals surface area (Å²) < 4.78 is 20.2. The zero-order valence-electron chi connectivity index (χ0n) is 12.9. The molecule has 2 aromatic heterocycles. The summed E-state index contributed by atoms with van der Waals surface area (Å²) in [6.45, 7) is 2.57. The van der Waals surface area contributed by atoms with Gasteiger partial charge in [0.05, 0.1) is 6.61 Å². The average molecular weight is 332 g/mol. The highest BCUT2D eigenvalue weighted by molar-refractivity contribution is 7.07. The van der Waals surface area contributed by atoms with Crippen LogP contribution in [0.1, 0.15) is 18.3 Å². The number of methoxy groups -OCH3 is 1. The Morgan fingerprint density at radius 2 is 2.17 bits per heavy atom. The first-order valence-electron chi connectivity index (χ1n) is 7.25. The monoisotopic (exact) mass is 332 g/mol. The number of rotatable bonds is 6. The van der Waals surface area contributed by atoms with Gasteiger partial charge in [-0.3, -0.25) is 0 Å². The minimum Gasteiger partial charge on any atom is -0.430 e. The van der Waals surface area contributed by atoms with E-state index in [0.29, 0.717) is 35.4 Å². The largest absolute Gasteiger partial charge is 0.430 e. The Morgan fingerprint density at radius 1 is 1.30 bits per heavy atom. The summed E-state index contributed by atoms with van der Waals surface area (Å²) in [5.41, 5.74) is 1.11. The van der Waals surface area contributed by atoms with Crippen LogP contribution in [0.25, 0.3) is 11.0 Å². The van der Waals surface area contributed by atoms with Crippen molar-refractivity contribution < 1.29 is 13.9 Å². The topological polar surface area (TPSA) is 74.5 Å². The van der Waals surface area contributed by atoms with Gasteiger partial charge >= 0.3 is 5.63 Å². The highest BCUT2D eigenvalue weighted by Gasteiger charge is 2.09. The summed E-state index contributed by atoms with van der Waals surface area (Å²) >= 11 is 1.18. The first kappa shape index (κ1) is 15.6. The molecular weight excluding hydrogens is 316 g/mol. The number of ether oxygens (including phenoxy) is 2. The van der Waals surface area contributed by atoms with Crippen molar-refractivity contribution in [2.75, 3.05) is 13.7 Å². The Labute approximate surface area is 136 Å². The number of aromatic nitrogens is 2. The Kier molecular flexibility index (Phi) is 4.68. The molecule has 7 heteroatoms. The molecule has 0 fully saturated rings. The van der Waals surface area contributed by atoms with Crippen molar-refractivity contribution in [2.24, 2.45) is 0 Å². The molecule has 0 bridgehead atoms. The first-order chi connectivity index (χ1) is 11.2. The fraction of sp³-hybridized carbons (Fsp3) is 0.312. The normalized spacial score (nSPS) is 11.0. The van der Waals surface area contributed by atoms with E-state index in [1.165, 1.54) is 17.6 Å². The lowest BCUT2D eigenvalue weighted by Crippen LogP contribution is -2.00. The van der Waals surface area contributed by atoms with Crippen LogP contribution in [0.3, 0.4) is 0 Å². The standard InChI is InChI=1S/C16H16N2O4S/c1-3-10-8-15(19)22-13-9-11(4-5-12(10)13)21-16-17-14(18-23-16)6-7-20-2/h4-5,8-9H,3,6-7H2,1-2H3. The number of fused-ring (bicyclic) bond motifs is 1. The van der Waals surface area contributed by atoms with Crippen molar-refractivity contribution in [1.82, 2.24) is 9.36 Å². The lowest BCUT2D eigenvalue weighted by Gasteiger charge is -2.05. The Hall–Kier alpha value is -2.25. The van der Waals surface area contributed by atoms with Crippen LogP contribution in [0.2, 0.25) is 0 Å². The van der Waals surface area contributed by atoms with Crippen molar-refractivity contribution in [3.63, 3.8) is 0 Å². The molecule has 2 heterocycles. The summed E-state index contributed by atoms with van der Waals surface area (Å²) in [7, 11) is 1.64. The molecule has 0 unspecified atom stereocenters. The van der Waals surface area contributed by atoms with E-state index in [4.69, 9.17) is 13.9 Å². The van der Waals surface area contributed by atoms with Gasteiger partial charge in [0.2, 0.25) is 0 Å². The predicted octanol–water partition coefficient (Wildman–Crippen LogP) is 3.19. The zero-order chi connectivity index (χ0) is 16.2. The third-order valence-corrected chi connectivity index (χ3v) is 4.00. The molecule has 23 heavy (non-hydrogen) atoms. The first-order valence-corrected chi connectivity index (χ1v) is 8.03. The molecule has 0 aliphatic carbocycles. The van der Waals surface area contributed by atoms with Crippen LogP contribution >= 0.6 is 11.5 Å². The third-order valence-electron chi connectivity index (χ3n) is 3.37. The third kappa shape index (κ3) is 3.57. The van der Waals surface area contributed by atoms with Gasteiger partial charge in [-0.05, 0) is 24.1 Å². The fourth-order valence-corrected chi connectivity index (χ4v) is 2.84. The second kappa shape index (κ2) is 6.89. The summed E-state index contributed by atoms with van der Waals surface area (Å²) in [6, 6.07) is 6.94. The molecule has 0 saturated carbocycles. The highest BCUT2D eigenvalue weighted by atomic mass is 32.1. The van der Waals surface area contributed by atoms with Crippen molar-refractivity contribution in [3.05, 3.63) is 46.1 Å². The smallest absolute Gasteiger partial charge is 0.336 e. The van der Waals surface area contributed by atoms with Crippen LogP contribution < -0.4 is 10.4 Å². The van der Waals surface area contributed by atoms with Gasteiger partial charge < -0.3 is 13.9 Å². The lowest BCUT2D eigenvalue weighted by atomic mass is 10.1. The Bertz CT molecular complexity index is 872. The quantitative estimate of drug-likeness (QED) is 0.645. The maximum Gasteiger partial charge on any atom is 0.336 e. The van der Waals surface area contributed by atoms with Gasteiger partial charge in [0.1, 0.15) is 17.2 Å². The van der Waals surface area contributed by atoms with Gasteiger partial charge in [-0.25, -0.2) is 4.79 Å². The summed E-state index contributed by atoms with van der Waals surface area (Å²) in [4.78, 5) is 15.9. The van der Waals surface area contributed by atoms with Crippen LogP contribution in [0.5, 0.6) is 10.9 Å². The second-order valence-corrected chi connectivity index (χ2v) is 5.64. The molecule has 3 rings (SSSR count). The molecule has 0 N–H and O–H groups in total. The van der Waals surface area contributed by atoms with Crippen molar-refractivity contribution >= 4 is 22.5 Å². The van der Waals surface area contributed by atoms with Crippen LogP contribution in [-0.4, -0.2) is 23.1 Å². The number of benzene rings is 1. The number of hydrogen-bond acceptors (Lipinski definition) is 7. The number of hydrogen-bond donors (Lipinski definition) is 0. The summed E-state index contributed by atoms with van der Waals surface area (Å²) in [6.07, 6.45) is 1.41. The van der Waals surface area contributed by atoms with E-state index in [9.17, 15) is 4.79 Å². The van der Waals surface area contributed by atoms with E-state index in [1.807, 2.05) is 19.1 Å². The molecule has 0 saturated heterocycles. The van der Waals surface area contributed by atoms with Crippen molar-refractivity contribution in [3.8, 4) is 10.9 Å². The molecule has 6 nitrogen and oxygen atoms in total. The zero-order valence-corrected chi connectivity index (χ0v) is 13.7. The van der Waals surface area contributed by atoms with Crippen LogP contribution in [0, 0.1) is 0 Å². The van der Waals surface area contributed by atoms with Gasteiger partial charge in [0.25, 0.3) is 5.19 Å². The molecule has 0 atom stereocenters. The molecular formula is C16H16N2O4S. The molecule has 0 radical (unpaired) electrons.